The van der Waals surface area contributed by atoms with Crippen LogP contribution in [0, 0.1) is 0 Å². The first-order valence-electron chi connectivity index (χ1n) is 1.57. The molecule has 1 N–H and O–H groups in total. The lowest BCUT2D eigenvalue weighted by molar-refractivity contribution is -0.102. The number of nitrogens with zero attached hydrogens (tertiary/aromatic N) is 1. The number of alkyl halides is 1. The molecule has 0 saturated carbocycles. The summed E-state index contributed by atoms with van der Waals surface area (Å²) in [6, 6.07) is 0. The number of oxime groups is 1. The zero-order valence-corrected chi connectivity index (χ0v) is 5.05. The van der Waals surface area contributed by atoms with E-state index in [1.165, 1.54) is 0 Å². The Morgan fingerprint density at radius 3 is 2.57 bits per heavy atom. The van der Waals surface area contributed by atoms with Gasteiger partial charge in [-0.1, -0.05) is 21.1 Å². The second-order valence-electron chi connectivity index (χ2n) is 0.843. The van der Waals surface area contributed by atoms with Crippen LogP contribution in [0.25, 0.3) is 0 Å². The highest BCUT2D eigenvalue weighted by molar-refractivity contribution is 9.09. The average molecular weight is 166 g/mol. The van der Waals surface area contributed by atoms with Crippen molar-refractivity contribution >= 4 is 27.9 Å². The Kier molecular flexibility index (Phi) is 3.59. The van der Waals surface area contributed by atoms with Crippen molar-refractivity contribution in [1.29, 1.82) is 0 Å². The van der Waals surface area contributed by atoms with Gasteiger partial charge in [0.2, 0.25) is 0 Å². The van der Waals surface area contributed by atoms with Gasteiger partial charge < -0.3 is 5.21 Å². The number of aldehydes is 1. The van der Waals surface area contributed by atoms with Crippen LogP contribution < -0.4 is 0 Å². The van der Waals surface area contributed by atoms with Gasteiger partial charge in [0.1, 0.15) is 5.71 Å². The summed E-state index contributed by atoms with van der Waals surface area (Å²) in [5.74, 6) is 0. The van der Waals surface area contributed by atoms with E-state index in [1.54, 1.807) is 0 Å². The molecule has 0 aliphatic rings. The van der Waals surface area contributed by atoms with Crippen molar-refractivity contribution < 1.29 is 10.0 Å². The third kappa shape index (κ3) is 2.33. The van der Waals surface area contributed by atoms with Gasteiger partial charge in [-0.15, -0.1) is 0 Å². The van der Waals surface area contributed by atoms with Crippen molar-refractivity contribution in [2.45, 2.75) is 0 Å². The molecule has 0 aromatic rings. The molecule has 0 rings (SSSR count). The average Bonchev–Trinajstić information content (AvgIpc) is 1.72. The van der Waals surface area contributed by atoms with Gasteiger partial charge in [-0.05, 0) is 0 Å². The lowest BCUT2D eigenvalue weighted by Crippen LogP contribution is -1.99. The minimum atomic E-state index is 0.0972. The minimum absolute atomic E-state index is 0.0972. The number of hydrogen-bond donors (Lipinski definition) is 1. The molecule has 0 aliphatic heterocycles. The summed E-state index contributed by atoms with van der Waals surface area (Å²) in [7, 11) is 0. The third-order valence-corrected chi connectivity index (χ3v) is 0.976. The Balaban J connectivity index is 3.60. The van der Waals surface area contributed by atoms with Crippen molar-refractivity contribution in [2.24, 2.45) is 5.16 Å². The van der Waals surface area contributed by atoms with Gasteiger partial charge in [0.15, 0.2) is 6.29 Å². The molecule has 3 nitrogen and oxygen atoms in total. The SMILES string of the molecule is O=C/C(CBr)=N\O. The van der Waals surface area contributed by atoms with Crippen LogP contribution in [0.3, 0.4) is 0 Å². The molecule has 0 unspecified atom stereocenters. The zero-order valence-electron chi connectivity index (χ0n) is 3.47. The van der Waals surface area contributed by atoms with Gasteiger partial charge >= 0.3 is 0 Å². The van der Waals surface area contributed by atoms with Crippen molar-refractivity contribution in [3.8, 4) is 0 Å². The molecular weight excluding hydrogens is 162 g/mol. The standard InChI is InChI=1S/C3H4BrNO2/c4-1-3(2-6)5-7/h2,7H,1H2/b5-3-. The van der Waals surface area contributed by atoms with Crippen LogP contribution in [0.2, 0.25) is 0 Å². The summed E-state index contributed by atoms with van der Waals surface area (Å²) in [5.41, 5.74) is 0.0972. The van der Waals surface area contributed by atoms with Gasteiger partial charge in [0.25, 0.3) is 0 Å². The summed E-state index contributed by atoms with van der Waals surface area (Å²) in [5, 5.41) is 10.8. The van der Waals surface area contributed by atoms with Crippen molar-refractivity contribution in [3.05, 3.63) is 0 Å². The molecule has 0 atom stereocenters. The second-order valence-corrected chi connectivity index (χ2v) is 1.40. The van der Waals surface area contributed by atoms with Crippen molar-refractivity contribution in [1.82, 2.24) is 0 Å². The third-order valence-electron chi connectivity index (χ3n) is 0.401. The van der Waals surface area contributed by atoms with Crippen molar-refractivity contribution in [3.63, 3.8) is 0 Å². The van der Waals surface area contributed by atoms with Gasteiger partial charge in [0, 0.05) is 0 Å². The Morgan fingerprint density at radius 2 is 2.57 bits per heavy atom. The number of carbonyl (C=O) groups is 1. The van der Waals surface area contributed by atoms with Gasteiger partial charge in [-0.3, -0.25) is 4.79 Å². The largest absolute Gasteiger partial charge is 0.411 e. The number of carbonyl (C=O) groups excluding carboxylic acids is 1. The normalized spacial score (nSPS) is 11.3. The van der Waals surface area contributed by atoms with E-state index in [2.05, 4.69) is 21.1 Å². The molecule has 0 aliphatic carbocycles. The monoisotopic (exact) mass is 165 g/mol. The highest BCUT2D eigenvalue weighted by Gasteiger charge is 1.89. The first-order valence-corrected chi connectivity index (χ1v) is 2.69. The van der Waals surface area contributed by atoms with E-state index >= 15 is 0 Å². The van der Waals surface area contributed by atoms with Crippen LogP contribution >= 0.6 is 15.9 Å². The molecule has 0 spiro atoms. The Hall–Kier alpha value is -0.380. The van der Waals surface area contributed by atoms with E-state index < -0.39 is 0 Å². The maximum Gasteiger partial charge on any atom is 0.168 e. The van der Waals surface area contributed by atoms with Crippen LogP contribution in [0.4, 0.5) is 0 Å². The van der Waals surface area contributed by atoms with Crippen LogP contribution in [-0.4, -0.2) is 22.5 Å². The van der Waals surface area contributed by atoms with E-state index in [9.17, 15) is 4.79 Å². The van der Waals surface area contributed by atoms with E-state index in [-0.39, 0.29) is 5.71 Å². The number of halogens is 1. The van der Waals surface area contributed by atoms with E-state index in [0.29, 0.717) is 11.6 Å². The summed E-state index contributed by atoms with van der Waals surface area (Å²) >= 11 is 2.91. The molecular formula is C3H4BrNO2. The molecule has 0 fully saturated rings. The molecule has 0 radical (unpaired) electrons. The molecule has 40 valence electrons. The molecule has 4 heteroatoms. The smallest absolute Gasteiger partial charge is 0.168 e. The Morgan fingerprint density at radius 1 is 2.00 bits per heavy atom. The Labute approximate surface area is 49.1 Å². The lowest BCUT2D eigenvalue weighted by Gasteiger charge is -1.79. The first kappa shape index (κ1) is 6.62. The van der Waals surface area contributed by atoms with Crippen LogP contribution in [0.5, 0.6) is 0 Å². The van der Waals surface area contributed by atoms with Gasteiger partial charge in [-0.25, -0.2) is 0 Å². The lowest BCUT2D eigenvalue weighted by atomic mass is 10.5. The van der Waals surface area contributed by atoms with Crippen LogP contribution in [-0.2, 0) is 4.79 Å². The molecule has 0 amide bonds. The minimum Gasteiger partial charge on any atom is -0.411 e. The molecule has 0 aromatic heterocycles. The van der Waals surface area contributed by atoms with Crippen LogP contribution in [0.1, 0.15) is 0 Å². The maximum absolute atomic E-state index is 9.65. The topological polar surface area (TPSA) is 49.7 Å². The predicted molar refractivity (Wildman–Crippen MR) is 29.1 cm³/mol. The zero-order chi connectivity index (χ0) is 5.70. The van der Waals surface area contributed by atoms with Gasteiger partial charge in [0.05, 0.1) is 5.33 Å². The molecule has 0 saturated heterocycles. The molecule has 0 heterocycles. The highest BCUT2D eigenvalue weighted by Crippen LogP contribution is 1.79. The highest BCUT2D eigenvalue weighted by atomic mass is 79.9. The fourth-order valence-electron chi connectivity index (χ4n) is 0.0818. The summed E-state index contributed by atoms with van der Waals surface area (Å²) < 4.78 is 0. The van der Waals surface area contributed by atoms with Crippen molar-refractivity contribution in [2.75, 3.05) is 5.33 Å². The van der Waals surface area contributed by atoms with E-state index in [0.717, 1.165) is 0 Å². The summed E-state index contributed by atoms with van der Waals surface area (Å²) in [6.07, 6.45) is 0.481. The van der Waals surface area contributed by atoms with E-state index in [1.807, 2.05) is 0 Å². The Bertz CT molecular complexity index is 90.9. The van der Waals surface area contributed by atoms with E-state index in [4.69, 9.17) is 5.21 Å². The van der Waals surface area contributed by atoms with Crippen LogP contribution in [0.15, 0.2) is 5.16 Å². The molecule has 0 bridgehead atoms. The summed E-state index contributed by atoms with van der Waals surface area (Å²) in [4.78, 5) is 9.65. The number of rotatable bonds is 2. The first-order chi connectivity index (χ1) is 3.35. The second kappa shape index (κ2) is 3.80. The summed E-state index contributed by atoms with van der Waals surface area (Å²) in [6.45, 7) is 0. The fourth-order valence-corrected chi connectivity index (χ4v) is 0.326. The molecule has 7 heavy (non-hydrogen) atoms. The number of hydrogen-bond acceptors (Lipinski definition) is 3. The predicted octanol–water partition coefficient (Wildman–Crippen LogP) is 0.410. The maximum atomic E-state index is 9.65. The van der Waals surface area contributed by atoms with Gasteiger partial charge in [-0.2, -0.15) is 0 Å². The fraction of sp³-hybridized carbons (Fsp3) is 0.333. The molecule has 0 aromatic carbocycles. The quantitative estimate of drug-likeness (QED) is 0.212.